The molecule has 3 rings (SSSR count). The summed E-state index contributed by atoms with van der Waals surface area (Å²) in [5.41, 5.74) is 6.87. The molecule has 0 aromatic carbocycles. The van der Waals surface area contributed by atoms with Gasteiger partial charge in [-0.1, -0.05) is 0 Å². The molecule has 3 heterocycles. The van der Waals surface area contributed by atoms with Gasteiger partial charge < -0.3 is 20.9 Å². The molecule has 0 spiro atoms. The molecule has 2 aliphatic heterocycles. The fourth-order valence-corrected chi connectivity index (χ4v) is 3.34. The highest BCUT2D eigenvalue weighted by Gasteiger charge is 2.36. The normalized spacial score (nSPS) is 28.3. The molecular formula is C14H24N6O. The number of nitrogens with zero attached hydrogens (tertiary/aromatic N) is 3. The number of rotatable bonds is 4. The Hall–Kier alpha value is -1.44. The zero-order chi connectivity index (χ0) is 14.8. The molecule has 7 nitrogen and oxygen atoms in total. The number of nitrogens with two attached hydrogens (primary N) is 1. The maximum Gasteiger partial charge on any atom is 0.237 e. The minimum Gasteiger partial charge on any atom is -0.351 e. The van der Waals surface area contributed by atoms with Crippen molar-refractivity contribution in [2.75, 3.05) is 33.2 Å². The summed E-state index contributed by atoms with van der Waals surface area (Å²) >= 11 is 0. The molecular weight excluding hydrogens is 268 g/mol. The molecule has 3 atom stereocenters. The number of H-pyrrole nitrogens is 1. The van der Waals surface area contributed by atoms with Gasteiger partial charge in [-0.25, -0.2) is 4.98 Å². The van der Waals surface area contributed by atoms with Crippen LogP contribution in [0.25, 0.3) is 0 Å². The average molecular weight is 292 g/mol. The van der Waals surface area contributed by atoms with Crippen molar-refractivity contribution in [2.24, 2.45) is 5.73 Å². The van der Waals surface area contributed by atoms with Gasteiger partial charge in [-0.15, -0.1) is 0 Å². The van der Waals surface area contributed by atoms with E-state index in [1.807, 2.05) is 0 Å². The standard InChI is InChI=1S/C14H24N6O/c1-19-2-3-20-7-11(4-12(20)8-19)18-14(21)13(15)5-10-6-16-9-17-10/h6,9,11-13H,2-5,7-8,15H2,1H3,(H,16,17)(H,18,21)/t11-,12-,13-/m0/s1. The maximum atomic E-state index is 12.2. The van der Waals surface area contributed by atoms with Gasteiger partial charge in [0.25, 0.3) is 0 Å². The van der Waals surface area contributed by atoms with Crippen LogP contribution in [0.2, 0.25) is 0 Å². The summed E-state index contributed by atoms with van der Waals surface area (Å²) in [5, 5.41) is 3.10. The highest BCUT2D eigenvalue weighted by Crippen LogP contribution is 2.21. The molecule has 116 valence electrons. The van der Waals surface area contributed by atoms with Crippen molar-refractivity contribution in [3.8, 4) is 0 Å². The van der Waals surface area contributed by atoms with Gasteiger partial charge in [0.2, 0.25) is 5.91 Å². The molecule has 7 heteroatoms. The summed E-state index contributed by atoms with van der Waals surface area (Å²) in [6.07, 6.45) is 4.82. The first-order chi connectivity index (χ1) is 10.1. The Kier molecular flexibility index (Phi) is 4.23. The summed E-state index contributed by atoms with van der Waals surface area (Å²) in [6, 6.07) is 0.269. The van der Waals surface area contributed by atoms with Crippen molar-refractivity contribution in [3.05, 3.63) is 18.2 Å². The minimum absolute atomic E-state index is 0.0669. The van der Waals surface area contributed by atoms with Gasteiger partial charge >= 0.3 is 0 Å². The number of carbonyl (C=O) groups excluding carboxylic acids is 1. The third-order valence-corrected chi connectivity index (χ3v) is 4.50. The Morgan fingerprint density at radius 1 is 1.57 bits per heavy atom. The van der Waals surface area contributed by atoms with Crippen LogP contribution in [-0.4, -0.2) is 77.0 Å². The molecule has 0 radical (unpaired) electrons. The van der Waals surface area contributed by atoms with Crippen LogP contribution in [0.4, 0.5) is 0 Å². The number of carbonyl (C=O) groups is 1. The Bertz CT molecular complexity index is 476. The number of aromatic nitrogens is 2. The van der Waals surface area contributed by atoms with Gasteiger partial charge in [0.1, 0.15) is 0 Å². The molecule has 0 aliphatic carbocycles. The number of imidazole rings is 1. The number of hydrogen-bond donors (Lipinski definition) is 3. The van der Waals surface area contributed by atoms with Crippen LogP contribution < -0.4 is 11.1 Å². The average Bonchev–Trinajstić information content (AvgIpc) is 3.07. The Morgan fingerprint density at radius 2 is 2.43 bits per heavy atom. The van der Waals surface area contributed by atoms with Crippen molar-refractivity contribution >= 4 is 5.91 Å². The van der Waals surface area contributed by atoms with E-state index in [1.54, 1.807) is 12.5 Å². The summed E-state index contributed by atoms with van der Waals surface area (Å²) in [5.74, 6) is -0.0669. The van der Waals surface area contributed by atoms with E-state index in [-0.39, 0.29) is 11.9 Å². The molecule has 4 N–H and O–H groups in total. The molecule has 1 aromatic rings. The van der Waals surface area contributed by atoms with Crippen LogP contribution >= 0.6 is 0 Å². The molecule has 0 saturated carbocycles. The van der Waals surface area contributed by atoms with Crippen LogP contribution in [0.1, 0.15) is 12.1 Å². The van der Waals surface area contributed by atoms with E-state index < -0.39 is 6.04 Å². The third-order valence-electron chi connectivity index (χ3n) is 4.50. The molecule has 1 amide bonds. The molecule has 2 fully saturated rings. The van der Waals surface area contributed by atoms with Gasteiger partial charge in [0.05, 0.1) is 12.4 Å². The van der Waals surface area contributed by atoms with E-state index in [9.17, 15) is 4.79 Å². The Labute approximate surface area is 124 Å². The van der Waals surface area contributed by atoms with Crippen molar-refractivity contribution < 1.29 is 4.79 Å². The molecule has 0 bridgehead atoms. The molecule has 2 saturated heterocycles. The summed E-state index contributed by atoms with van der Waals surface area (Å²) in [7, 11) is 2.16. The number of hydrogen-bond acceptors (Lipinski definition) is 5. The van der Waals surface area contributed by atoms with Crippen LogP contribution in [0, 0.1) is 0 Å². The monoisotopic (exact) mass is 292 g/mol. The van der Waals surface area contributed by atoms with E-state index >= 15 is 0 Å². The maximum absolute atomic E-state index is 12.2. The lowest BCUT2D eigenvalue weighted by Gasteiger charge is -2.34. The number of nitrogens with one attached hydrogen (secondary N) is 2. The molecule has 0 unspecified atom stereocenters. The summed E-state index contributed by atoms with van der Waals surface area (Å²) in [6.45, 7) is 4.23. The Balaban J connectivity index is 1.49. The second kappa shape index (κ2) is 6.13. The SMILES string of the molecule is CN1CCN2C[C@@H](NC(=O)[C@@H](N)Cc3cnc[nH]3)C[C@H]2C1. The van der Waals surface area contributed by atoms with Crippen molar-refractivity contribution in [2.45, 2.75) is 31.0 Å². The van der Waals surface area contributed by atoms with E-state index in [1.165, 1.54) is 0 Å². The van der Waals surface area contributed by atoms with E-state index in [2.05, 4.69) is 32.1 Å². The number of likely N-dealkylation sites (N-methyl/N-ethyl adjacent to an activating group) is 1. The second-order valence-corrected chi connectivity index (χ2v) is 6.24. The van der Waals surface area contributed by atoms with Gasteiger partial charge in [-0.2, -0.15) is 0 Å². The predicted molar refractivity (Wildman–Crippen MR) is 79.7 cm³/mol. The minimum atomic E-state index is -0.522. The topological polar surface area (TPSA) is 90.3 Å². The van der Waals surface area contributed by atoms with Crippen LogP contribution in [0.5, 0.6) is 0 Å². The zero-order valence-corrected chi connectivity index (χ0v) is 12.5. The highest BCUT2D eigenvalue weighted by atomic mass is 16.2. The van der Waals surface area contributed by atoms with Gasteiger partial charge in [-0.05, 0) is 13.5 Å². The van der Waals surface area contributed by atoms with E-state index in [0.717, 1.165) is 38.3 Å². The lowest BCUT2D eigenvalue weighted by atomic mass is 10.1. The Morgan fingerprint density at radius 3 is 3.19 bits per heavy atom. The molecule has 1 aromatic heterocycles. The van der Waals surface area contributed by atoms with E-state index in [0.29, 0.717) is 12.5 Å². The molecule has 21 heavy (non-hydrogen) atoms. The smallest absolute Gasteiger partial charge is 0.237 e. The van der Waals surface area contributed by atoms with Gasteiger partial charge in [0, 0.05) is 56.6 Å². The number of fused-ring (bicyclic) bond motifs is 1. The van der Waals surface area contributed by atoms with Crippen LogP contribution in [0.15, 0.2) is 12.5 Å². The first-order valence-electron chi connectivity index (χ1n) is 7.57. The fourth-order valence-electron chi connectivity index (χ4n) is 3.34. The van der Waals surface area contributed by atoms with Crippen LogP contribution in [0.3, 0.4) is 0 Å². The highest BCUT2D eigenvalue weighted by molar-refractivity contribution is 5.82. The lowest BCUT2D eigenvalue weighted by molar-refractivity contribution is -0.123. The number of aromatic amines is 1. The summed E-state index contributed by atoms with van der Waals surface area (Å²) < 4.78 is 0. The van der Waals surface area contributed by atoms with Gasteiger partial charge in [0.15, 0.2) is 0 Å². The summed E-state index contributed by atoms with van der Waals surface area (Å²) in [4.78, 5) is 23.9. The van der Waals surface area contributed by atoms with E-state index in [4.69, 9.17) is 5.73 Å². The van der Waals surface area contributed by atoms with Crippen molar-refractivity contribution in [3.63, 3.8) is 0 Å². The largest absolute Gasteiger partial charge is 0.351 e. The fraction of sp³-hybridized carbons (Fsp3) is 0.714. The first kappa shape index (κ1) is 14.5. The zero-order valence-electron chi connectivity index (χ0n) is 12.5. The second-order valence-electron chi connectivity index (χ2n) is 6.24. The number of amides is 1. The third kappa shape index (κ3) is 3.42. The number of piperazine rings is 1. The predicted octanol–water partition coefficient (Wildman–Crippen LogP) is -1.22. The van der Waals surface area contributed by atoms with Crippen LogP contribution in [-0.2, 0) is 11.2 Å². The van der Waals surface area contributed by atoms with Crippen molar-refractivity contribution in [1.29, 1.82) is 0 Å². The first-order valence-corrected chi connectivity index (χ1v) is 7.57. The van der Waals surface area contributed by atoms with Crippen molar-refractivity contribution in [1.82, 2.24) is 25.1 Å². The van der Waals surface area contributed by atoms with Gasteiger partial charge in [-0.3, -0.25) is 9.69 Å². The lowest BCUT2D eigenvalue weighted by Crippen LogP contribution is -2.49. The quantitative estimate of drug-likeness (QED) is 0.647. The molecule has 2 aliphatic rings.